The topological polar surface area (TPSA) is 147 Å². The number of aliphatic carboxylic acids is 1. The number of carbonyl (C=O) groups excluding carboxylic acids is 2. The predicted molar refractivity (Wildman–Crippen MR) is 143 cm³/mol. The molecule has 38 heavy (non-hydrogen) atoms. The Balaban J connectivity index is 1.50. The van der Waals surface area contributed by atoms with Crippen molar-refractivity contribution >= 4 is 28.7 Å². The summed E-state index contributed by atoms with van der Waals surface area (Å²) in [7, 11) is 0. The van der Waals surface area contributed by atoms with Gasteiger partial charge in [0.25, 0.3) is 11.8 Å². The molecule has 0 bridgehead atoms. The minimum absolute atomic E-state index is 0.241. The van der Waals surface area contributed by atoms with Crippen LogP contribution in [0.25, 0.3) is 22.2 Å². The van der Waals surface area contributed by atoms with Crippen LogP contribution in [0.1, 0.15) is 45.7 Å². The molecular weight excluding hydrogens is 482 g/mol. The first kappa shape index (κ1) is 26.0. The minimum atomic E-state index is -1.07. The molecule has 2 amide bonds. The number of rotatable bonds is 6. The van der Waals surface area contributed by atoms with Gasteiger partial charge in [0.1, 0.15) is 6.04 Å². The normalized spacial score (nSPS) is 11.4. The molecule has 0 fully saturated rings. The van der Waals surface area contributed by atoms with Gasteiger partial charge in [0.05, 0.1) is 16.8 Å². The van der Waals surface area contributed by atoms with Crippen LogP contribution >= 0.6 is 0 Å². The van der Waals surface area contributed by atoms with Crippen LogP contribution in [0.15, 0.2) is 73.1 Å². The molecule has 0 aliphatic carbocycles. The van der Waals surface area contributed by atoms with Crippen molar-refractivity contribution in [2.24, 2.45) is 11.8 Å². The Morgan fingerprint density at radius 1 is 0.921 bits per heavy atom. The van der Waals surface area contributed by atoms with E-state index in [2.05, 4.69) is 32.6 Å². The van der Waals surface area contributed by atoms with Crippen LogP contribution in [0, 0.1) is 17.8 Å². The van der Waals surface area contributed by atoms with E-state index in [1.54, 1.807) is 62.6 Å². The predicted octanol–water partition coefficient (Wildman–Crippen LogP) is 3.14. The second-order valence-electron chi connectivity index (χ2n) is 8.86. The lowest BCUT2D eigenvalue weighted by Gasteiger charge is -2.17. The van der Waals surface area contributed by atoms with Gasteiger partial charge in [0.2, 0.25) is 0 Å². The van der Waals surface area contributed by atoms with Crippen molar-refractivity contribution in [2.75, 3.05) is 0 Å². The van der Waals surface area contributed by atoms with Crippen LogP contribution in [0.3, 0.4) is 0 Å². The van der Waals surface area contributed by atoms with Crippen molar-refractivity contribution in [3.05, 3.63) is 95.3 Å². The average Bonchev–Trinajstić information content (AvgIpc) is 2.93. The van der Waals surface area contributed by atoms with Gasteiger partial charge < -0.3 is 10.4 Å². The fourth-order valence-electron chi connectivity index (χ4n) is 3.79. The Labute approximate surface area is 219 Å². The summed E-state index contributed by atoms with van der Waals surface area (Å²) in [6.07, 6.45) is 3.19. The van der Waals surface area contributed by atoms with Crippen LogP contribution in [-0.2, 0) is 4.79 Å². The van der Waals surface area contributed by atoms with Gasteiger partial charge in [-0.1, -0.05) is 37.8 Å². The summed E-state index contributed by atoms with van der Waals surface area (Å²) < 4.78 is 0. The Kier molecular flexibility index (Phi) is 7.75. The zero-order valence-corrected chi connectivity index (χ0v) is 20.7. The van der Waals surface area contributed by atoms with Gasteiger partial charge in [0.15, 0.2) is 0 Å². The first-order chi connectivity index (χ1) is 18.3. The van der Waals surface area contributed by atoms with Crippen molar-refractivity contribution in [1.82, 2.24) is 20.7 Å². The fourth-order valence-corrected chi connectivity index (χ4v) is 3.79. The third kappa shape index (κ3) is 5.83. The van der Waals surface area contributed by atoms with E-state index in [9.17, 15) is 19.5 Å². The number of nitrogen functional groups attached to an aromatic ring is 1. The average molecular weight is 508 g/mol. The second-order valence-corrected chi connectivity index (χ2v) is 8.86. The lowest BCUT2D eigenvalue weighted by Crippen LogP contribution is -2.44. The summed E-state index contributed by atoms with van der Waals surface area (Å²) >= 11 is 0. The number of carboxylic acid groups (broad SMARTS) is 1. The van der Waals surface area contributed by atoms with E-state index in [1.807, 2.05) is 24.3 Å². The maximum Gasteiger partial charge on any atom is 0.326 e. The molecular formula is C29H25N5O4. The highest BCUT2D eigenvalue weighted by molar-refractivity contribution is 6.06. The van der Waals surface area contributed by atoms with Gasteiger partial charge >= 0.3 is 5.97 Å². The number of hydrogen-bond acceptors (Lipinski definition) is 6. The molecule has 190 valence electrons. The van der Waals surface area contributed by atoms with E-state index < -0.39 is 23.8 Å². The number of fused-ring (bicyclic) bond motifs is 1. The van der Waals surface area contributed by atoms with Gasteiger partial charge in [-0.25, -0.2) is 15.6 Å². The zero-order chi connectivity index (χ0) is 27.2. The van der Waals surface area contributed by atoms with E-state index in [4.69, 9.17) is 5.84 Å². The fraction of sp³-hybridized carbons (Fsp3) is 0.138. The third-order valence-electron chi connectivity index (χ3n) is 5.88. The summed E-state index contributed by atoms with van der Waals surface area (Å²) in [6.45, 7) is 3.47. The number of pyridine rings is 2. The van der Waals surface area contributed by atoms with Crippen molar-refractivity contribution in [1.29, 1.82) is 0 Å². The minimum Gasteiger partial charge on any atom is -0.480 e. The van der Waals surface area contributed by atoms with Crippen LogP contribution in [0.5, 0.6) is 0 Å². The van der Waals surface area contributed by atoms with E-state index in [-0.39, 0.29) is 5.92 Å². The molecule has 9 nitrogen and oxygen atoms in total. The van der Waals surface area contributed by atoms with E-state index >= 15 is 0 Å². The highest BCUT2D eigenvalue weighted by Gasteiger charge is 2.23. The number of benzene rings is 2. The third-order valence-corrected chi connectivity index (χ3v) is 5.88. The Morgan fingerprint density at radius 3 is 2.13 bits per heavy atom. The number of amides is 2. The Hall–Kier alpha value is -5.07. The summed E-state index contributed by atoms with van der Waals surface area (Å²) in [5.74, 6) is 9.29. The standard InChI is InChI=1S/C29H25N5O4/c1-17(2)26(29(37)38)33-27(35)21-11-7-19(8-12-21)4-3-18-5-9-20(10-6-18)25-15-22(28(36)34-30)23-16-31-14-13-24(23)32-25/h5-17,26H,30H2,1-2H3,(H,33,35)(H,34,36)(H,37,38). The number of carbonyl (C=O) groups is 3. The number of nitrogens with two attached hydrogens (primary N) is 1. The molecule has 4 rings (SSSR count). The van der Waals surface area contributed by atoms with Crippen molar-refractivity contribution in [3.8, 4) is 23.1 Å². The number of hydrazine groups is 1. The summed E-state index contributed by atoms with van der Waals surface area (Å²) in [5.41, 5.74) is 6.40. The molecule has 1 unspecified atom stereocenters. The second kappa shape index (κ2) is 11.3. The molecule has 0 aliphatic rings. The van der Waals surface area contributed by atoms with E-state index in [1.165, 1.54) is 0 Å². The lowest BCUT2D eigenvalue weighted by atomic mass is 10.0. The van der Waals surface area contributed by atoms with Crippen LogP contribution in [0.2, 0.25) is 0 Å². The van der Waals surface area contributed by atoms with E-state index in [0.29, 0.717) is 33.3 Å². The monoisotopic (exact) mass is 507 g/mol. The number of carboxylic acids is 1. The first-order valence-corrected chi connectivity index (χ1v) is 11.8. The zero-order valence-electron chi connectivity index (χ0n) is 20.7. The quantitative estimate of drug-likeness (QED) is 0.136. The molecule has 2 heterocycles. The van der Waals surface area contributed by atoms with Gasteiger partial charge in [-0.3, -0.25) is 20.0 Å². The van der Waals surface area contributed by atoms with Crippen LogP contribution in [0.4, 0.5) is 0 Å². The molecule has 0 spiro atoms. The molecule has 1 atom stereocenters. The first-order valence-electron chi connectivity index (χ1n) is 11.8. The lowest BCUT2D eigenvalue weighted by molar-refractivity contribution is -0.140. The van der Waals surface area contributed by atoms with Crippen molar-refractivity contribution < 1.29 is 19.5 Å². The number of hydrogen-bond donors (Lipinski definition) is 4. The molecule has 2 aromatic carbocycles. The molecule has 2 aromatic heterocycles. The summed E-state index contributed by atoms with van der Waals surface area (Å²) in [4.78, 5) is 44.7. The highest BCUT2D eigenvalue weighted by atomic mass is 16.4. The molecule has 9 heteroatoms. The largest absolute Gasteiger partial charge is 0.480 e. The van der Waals surface area contributed by atoms with Gasteiger partial charge in [-0.2, -0.15) is 0 Å². The smallest absolute Gasteiger partial charge is 0.326 e. The maximum atomic E-state index is 12.4. The molecule has 0 aliphatic heterocycles. The van der Waals surface area contributed by atoms with Crippen molar-refractivity contribution in [2.45, 2.75) is 19.9 Å². The van der Waals surface area contributed by atoms with Crippen LogP contribution < -0.4 is 16.6 Å². The Morgan fingerprint density at radius 2 is 1.55 bits per heavy atom. The summed E-state index contributed by atoms with van der Waals surface area (Å²) in [6, 6.07) is 16.5. The van der Waals surface area contributed by atoms with Crippen LogP contribution in [-0.4, -0.2) is 38.9 Å². The summed E-state index contributed by atoms with van der Waals surface area (Å²) in [5, 5.41) is 12.4. The molecule has 4 aromatic rings. The maximum absolute atomic E-state index is 12.4. The SMILES string of the molecule is CC(C)C(NC(=O)c1ccc(C#Cc2ccc(-c3cc(C(=O)NN)c4cnccc4n3)cc2)cc1)C(=O)O. The molecule has 5 N–H and O–H groups in total. The van der Waals surface area contributed by atoms with Gasteiger partial charge in [-0.05, 0) is 54.4 Å². The van der Waals surface area contributed by atoms with E-state index in [0.717, 1.165) is 11.1 Å². The number of nitrogens with one attached hydrogen (secondary N) is 2. The highest BCUT2D eigenvalue weighted by Crippen LogP contribution is 2.24. The number of aromatic nitrogens is 2. The molecule has 0 radical (unpaired) electrons. The number of nitrogens with zero attached hydrogens (tertiary/aromatic N) is 2. The molecule has 0 saturated heterocycles. The van der Waals surface area contributed by atoms with Gasteiger partial charge in [0, 0.05) is 40.0 Å². The molecule has 0 saturated carbocycles. The van der Waals surface area contributed by atoms with Gasteiger partial charge in [-0.15, -0.1) is 0 Å². The Bertz CT molecular complexity index is 1570. The van der Waals surface area contributed by atoms with Crippen molar-refractivity contribution in [3.63, 3.8) is 0 Å².